The minimum absolute atomic E-state index is 0.161. The number of aromatic amines is 1. The number of benzene rings is 1. The van der Waals surface area contributed by atoms with Gasteiger partial charge in [0.2, 0.25) is 0 Å². The normalized spacial score (nSPS) is 12.5. The fourth-order valence-electron chi connectivity index (χ4n) is 2.08. The summed E-state index contributed by atoms with van der Waals surface area (Å²) in [5, 5.41) is 0. The first-order valence-electron chi connectivity index (χ1n) is 5.61. The molecule has 1 N–H and O–H groups in total. The molecule has 3 rings (SSSR count). The third kappa shape index (κ3) is 1.87. The van der Waals surface area contributed by atoms with Gasteiger partial charge in [0.1, 0.15) is 0 Å². The molecule has 1 aromatic carbocycles. The highest BCUT2D eigenvalue weighted by Gasteiger charge is 2.15. The van der Waals surface area contributed by atoms with Crippen molar-refractivity contribution in [2.45, 2.75) is 6.04 Å². The minimum atomic E-state index is 0.161. The highest BCUT2D eigenvalue weighted by atomic mass is 15.1. The zero-order valence-electron chi connectivity index (χ0n) is 9.32. The molecule has 1 unspecified atom stereocenters. The molecule has 3 heteroatoms. The second-order valence-electron chi connectivity index (χ2n) is 3.95. The van der Waals surface area contributed by atoms with E-state index in [0.29, 0.717) is 0 Å². The van der Waals surface area contributed by atoms with Crippen molar-refractivity contribution in [3.63, 3.8) is 0 Å². The van der Waals surface area contributed by atoms with E-state index in [1.54, 1.807) is 6.20 Å². The van der Waals surface area contributed by atoms with E-state index in [1.165, 1.54) is 5.56 Å². The maximum atomic E-state index is 4.13. The molecule has 0 bridgehead atoms. The van der Waals surface area contributed by atoms with Crippen LogP contribution in [0.5, 0.6) is 0 Å². The third-order valence-electron chi connectivity index (χ3n) is 2.85. The van der Waals surface area contributed by atoms with Gasteiger partial charge in [-0.3, -0.25) is 0 Å². The lowest BCUT2D eigenvalue weighted by Crippen LogP contribution is -2.10. The zero-order valence-corrected chi connectivity index (χ0v) is 9.32. The number of imidazole rings is 1. The van der Waals surface area contributed by atoms with Crippen molar-refractivity contribution >= 4 is 0 Å². The van der Waals surface area contributed by atoms with E-state index in [1.807, 2.05) is 30.9 Å². The topological polar surface area (TPSA) is 33.6 Å². The quantitative estimate of drug-likeness (QED) is 0.727. The Morgan fingerprint density at radius 1 is 1.06 bits per heavy atom. The van der Waals surface area contributed by atoms with Gasteiger partial charge in [-0.1, -0.05) is 30.3 Å². The molecule has 0 fully saturated rings. The molecule has 3 nitrogen and oxygen atoms in total. The van der Waals surface area contributed by atoms with E-state index in [2.05, 4.69) is 44.9 Å². The van der Waals surface area contributed by atoms with Gasteiger partial charge in [0.05, 0.1) is 12.4 Å². The van der Waals surface area contributed by atoms with E-state index in [9.17, 15) is 0 Å². The summed E-state index contributed by atoms with van der Waals surface area (Å²) in [5.74, 6) is 0. The van der Waals surface area contributed by atoms with Gasteiger partial charge in [0.15, 0.2) is 0 Å². The van der Waals surface area contributed by atoms with Crippen LogP contribution in [0.15, 0.2) is 67.4 Å². The second-order valence-corrected chi connectivity index (χ2v) is 3.95. The van der Waals surface area contributed by atoms with Crippen molar-refractivity contribution in [2.24, 2.45) is 0 Å². The lowest BCUT2D eigenvalue weighted by Gasteiger charge is -2.17. The Bertz CT molecular complexity index is 519. The Balaban J connectivity index is 2.10. The Morgan fingerprint density at radius 3 is 2.59 bits per heavy atom. The Hall–Kier alpha value is -2.29. The Labute approximate surface area is 99.8 Å². The number of hydrogen-bond acceptors (Lipinski definition) is 1. The zero-order chi connectivity index (χ0) is 11.5. The van der Waals surface area contributed by atoms with Crippen molar-refractivity contribution in [2.75, 3.05) is 0 Å². The molecule has 0 radical (unpaired) electrons. The van der Waals surface area contributed by atoms with Gasteiger partial charge >= 0.3 is 0 Å². The highest BCUT2D eigenvalue weighted by molar-refractivity contribution is 5.29. The van der Waals surface area contributed by atoms with E-state index in [0.717, 1.165) is 5.69 Å². The monoisotopic (exact) mass is 223 g/mol. The molecule has 84 valence electrons. The molecular formula is C14H13N3. The molecule has 0 saturated carbocycles. The van der Waals surface area contributed by atoms with Crippen molar-refractivity contribution in [1.82, 2.24) is 14.5 Å². The molecule has 17 heavy (non-hydrogen) atoms. The highest BCUT2D eigenvalue weighted by Crippen LogP contribution is 2.24. The van der Waals surface area contributed by atoms with Crippen LogP contribution in [0.2, 0.25) is 0 Å². The van der Waals surface area contributed by atoms with Crippen LogP contribution >= 0.6 is 0 Å². The van der Waals surface area contributed by atoms with Gasteiger partial charge in [0.25, 0.3) is 0 Å². The van der Waals surface area contributed by atoms with E-state index >= 15 is 0 Å². The average Bonchev–Trinajstić information content (AvgIpc) is 3.04. The molecular weight excluding hydrogens is 210 g/mol. The first-order chi connectivity index (χ1) is 8.45. The van der Waals surface area contributed by atoms with Crippen LogP contribution in [0.25, 0.3) is 0 Å². The van der Waals surface area contributed by atoms with Gasteiger partial charge in [-0.25, -0.2) is 4.98 Å². The number of nitrogens with one attached hydrogen (secondary N) is 1. The van der Waals surface area contributed by atoms with Gasteiger partial charge in [0, 0.05) is 24.3 Å². The maximum Gasteiger partial charge on any atom is 0.0996 e. The number of nitrogens with zero attached hydrogens (tertiary/aromatic N) is 2. The fourth-order valence-corrected chi connectivity index (χ4v) is 2.08. The molecule has 1 atom stereocenters. The summed E-state index contributed by atoms with van der Waals surface area (Å²) in [7, 11) is 0. The molecule has 3 aromatic rings. The third-order valence-corrected chi connectivity index (χ3v) is 2.85. The van der Waals surface area contributed by atoms with Crippen LogP contribution in [-0.4, -0.2) is 14.5 Å². The smallest absolute Gasteiger partial charge is 0.0996 e. The van der Waals surface area contributed by atoms with Crippen LogP contribution in [0.3, 0.4) is 0 Å². The lowest BCUT2D eigenvalue weighted by molar-refractivity contribution is 0.661. The summed E-state index contributed by atoms with van der Waals surface area (Å²) >= 11 is 0. The van der Waals surface area contributed by atoms with E-state index in [-0.39, 0.29) is 6.04 Å². The number of hydrogen-bond donors (Lipinski definition) is 1. The molecule has 0 saturated heterocycles. The number of rotatable bonds is 3. The lowest BCUT2D eigenvalue weighted by atomic mass is 10.0. The largest absolute Gasteiger partial charge is 0.363 e. The average molecular weight is 223 g/mol. The fraction of sp³-hybridized carbons (Fsp3) is 0.0714. The summed E-state index contributed by atoms with van der Waals surface area (Å²) in [4.78, 5) is 7.40. The standard InChI is InChI=1S/C14H13N3/c1-2-5-12(6-3-1)14(13-7-4-8-16-13)17-10-9-15-11-17/h1-11,14,16H. The van der Waals surface area contributed by atoms with Crippen molar-refractivity contribution in [3.05, 3.63) is 78.6 Å². The molecule has 0 aliphatic carbocycles. The Morgan fingerprint density at radius 2 is 1.94 bits per heavy atom. The van der Waals surface area contributed by atoms with E-state index in [4.69, 9.17) is 0 Å². The number of aromatic nitrogens is 3. The predicted molar refractivity (Wildman–Crippen MR) is 66.7 cm³/mol. The van der Waals surface area contributed by atoms with Crippen molar-refractivity contribution in [3.8, 4) is 0 Å². The second kappa shape index (κ2) is 4.29. The van der Waals surface area contributed by atoms with Crippen LogP contribution < -0.4 is 0 Å². The van der Waals surface area contributed by atoms with Crippen LogP contribution in [-0.2, 0) is 0 Å². The molecule has 0 aliphatic heterocycles. The number of H-pyrrole nitrogens is 1. The SMILES string of the molecule is c1ccc(C(c2ccc[nH]2)n2ccnc2)cc1. The van der Waals surface area contributed by atoms with Crippen molar-refractivity contribution < 1.29 is 0 Å². The van der Waals surface area contributed by atoms with Crippen LogP contribution in [0, 0.1) is 0 Å². The van der Waals surface area contributed by atoms with Crippen LogP contribution in [0.1, 0.15) is 17.3 Å². The first kappa shape index (κ1) is 9.90. The molecule has 2 aromatic heterocycles. The minimum Gasteiger partial charge on any atom is -0.363 e. The molecule has 2 heterocycles. The molecule has 0 aliphatic rings. The summed E-state index contributed by atoms with van der Waals surface area (Å²) in [5.41, 5.74) is 2.40. The van der Waals surface area contributed by atoms with Gasteiger partial charge in [-0.05, 0) is 17.7 Å². The maximum absolute atomic E-state index is 4.13. The molecule has 0 spiro atoms. The first-order valence-corrected chi connectivity index (χ1v) is 5.61. The summed E-state index contributed by atoms with van der Waals surface area (Å²) in [6.45, 7) is 0. The van der Waals surface area contributed by atoms with Crippen LogP contribution in [0.4, 0.5) is 0 Å². The van der Waals surface area contributed by atoms with Crippen molar-refractivity contribution in [1.29, 1.82) is 0 Å². The predicted octanol–water partition coefficient (Wildman–Crippen LogP) is 2.85. The van der Waals surface area contributed by atoms with Gasteiger partial charge in [-0.2, -0.15) is 0 Å². The Kier molecular flexibility index (Phi) is 2.50. The summed E-state index contributed by atoms with van der Waals surface area (Å²) in [6, 6.07) is 14.7. The summed E-state index contributed by atoms with van der Waals surface area (Å²) in [6.07, 6.45) is 7.58. The van der Waals surface area contributed by atoms with Gasteiger partial charge in [-0.15, -0.1) is 0 Å². The van der Waals surface area contributed by atoms with E-state index < -0.39 is 0 Å². The summed E-state index contributed by atoms with van der Waals surface area (Å²) < 4.78 is 2.10. The van der Waals surface area contributed by atoms with Gasteiger partial charge < -0.3 is 9.55 Å². The molecule has 0 amide bonds.